The summed E-state index contributed by atoms with van der Waals surface area (Å²) in [4.78, 5) is 14.2. The number of carbonyl (C=O) groups excluding carboxylic acids is 1. The molecule has 1 aliphatic heterocycles. The molecule has 0 unspecified atom stereocenters. The molecule has 1 aliphatic rings. The van der Waals surface area contributed by atoms with E-state index in [0.29, 0.717) is 17.6 Å². The van der Waals surface area contributed by atoms with Crippen LogP contribution in [0.15, 0.2) is 30.3 Å². The predicted molar refractivity (Wildman–Crippen MR) is 74.2 cm³/mol. The zero-order valence-electron chi connectivity index (χ0n) is 11.6. The Labute approximate surface area is 110 Å². The zero-order chi connectivity index (χ0) is 13.1. The Kier molecular flexibility index (Phi) is 4.18. The maximum atomic E-state index is 11.7. The molecule has 98 valence electrons. The van der Waals surface area contributed by atoms with E-state index in [4.69, 9.17) is 0 Å². The summed E-state index contributed by atoms with van der Waals surface area (Å²) in [5.74, 6) is 1.68. The number of ketones is 1. The molecule has 0 amide bonds. The Morgan fingerprint density at radius 3 is 2.44 bits per heavy atom. The second kappa shape index (κ2) is 5.66. The fourth-order valence-corrected chi connectivity index (χ4v) is 2.99. The third-order valence-electron chi connectivity index (χ3n) is 4.07. The molecule has 1 saturated heterocycles. The maximum absolute atomic E-state index is 11.7. The van der Waals surface area contributed by atoms with Gasteiger partial charge >= 0.3 is 0 Å². The molecular formula is C16H23NO. The lowest BCUT2D eigenvalue weighted by atomic mass is 9.84. The number of nitrogens with zero attached hydrogens (tertiary/aromatic N) is 1. The van der Waals surface area contributed by atoms with Crippen LogP contribution < -0.4 is 0 Å². The number of benzene rings is 1. The first kappa shape index (κ1) is 13.3. The first-order chi connectivity index (χ1) is 8.58. The molecule has 2 rings (SSSR count). The van der Waals surface area contributed by atoms with Crippen LogP contribution in [0.3, 0.4) is 0 Å². The van der Waals surface area contributed by atoms with Gasteiger partial charge in [-0.2, -0.15) is 0 Å². The lowest BCUT2D eigenvalue weighted by molar-refractivity contribution is -0.121. The quantitative estimate of drug-likeness (QED) is 0.813. The van der Waals surface area contributed by atoms with Crippen LogP contribution in [0.1, 0.15) is 26.3 Å². The summed E-state index contributed by atoms with van der Waals surface area (Å²) in [5.41, 5.74) is 1.34. The number of rotatable bonds is 4. The summed E-state index contributed by atoms with van der Waals surface area (Å²) in [7, 11) is 0. The number of likely N-dealkylation sites (tertiary alicyclic amines) is 1. The normalized spacial score (nSPS) is 24.7. The van der Waals surface area contributed by atoms with E-state index in [0.717, 1.165) is 19.6 Å². The largest absolute Gasteiger partial charge is 0.300 e. The molecular weight excluding hydrogens is 222 g/mol. The molecule has 0 aliphatic carbocycles. The van der Waals surface area contributed by atoms with Gasteiger partial charge in [0.1, 0.15) is 5.78 Å². The van der Waals surface area contributed by atoms with E-state index in [-0.39, 0.29) is 5.92 Å². The van der Waals surface area contributed by atoms with E-state index in [9.17, 15) is 4.79 Å². The molecule has 0 radical (unpaired) electrons. The van der Waals surface area contributed by atoms with Crippen molar-refractivity contribution in [3.05, 3.63) is 35.9 Å². The van der Waals surface area contributed by atoms with Crippen LogP contribution in [0, 0.1) is 17.8 Å². The second-order valence-corrected chi connectivity index (χ2v) is 5.80. The Bertz CT molecular complexity index is 399. The van der Waals surface area contributed by atoms with Gasteiger partial charge in [0, 0.05) is 25.6 Å². The third-order valence-corrected chi connectivity index (χ3v) is 4.07. The number of Topliss-reactive ketones (excluding diaryl/α,β-unsaturated/α-hetero) is 1. The lowest BCUT2D eigenvalue weighted by Crippen LogP contribution is -2.24. The van der Waals surface area contributed by atoms with Crippen molar-refractivity contribution < 1.29 is 4.79 Å². The molecule has 0 spiro atoms. The monoisotopic (exact) mass is 245 g/mol. The van der Waals surface area contributed by atoms with Crippen molar-refractivity contribution in [1.29, 1.82) is 0 Å². The summed E-state index contributed by atoms with van der Waals surface area (Å²) < 4.78 is 0. The van der Waals surface area contributed by atoms with Crippen molar-refractivity contribution >= 4 is 5.78 Å². The van der Waals surface area contributed by atoms with E-state index in [1.165, 1.54) is 5.56 Å². The van der Waals surface area contributed by atoms with E-state index in [1.807, 2.05) is 6.07 Å². The van der Waals surface area contributed by atoms with Gasteiger partial charge in [-0.05, 0) is 24.3 Å². The highest BCUT2D eigenvalue weighted by molar-refractivity contribution is 5.79. The smallest absolute Gasteiger partial charge is 0.134 e. The molecule has 0 saturated carbocycles. The molecule has 1 fully saturated rings. The number of hydrogen-bond donors (Lipinski definition) is 0. The van der Waals surface area contributed by atoms with Gasteiger partial charge in [0.05, 0.1) is 0 Å². The Morgan fingerprint density at radius 1 is 1.28 bits per heavy atom. The van der Waals surface area contributed by atoms with E-state index < -0.39 is 0 Å². The first-order valence-electron chi connectivity index (χ1n) is 6.84. The number of carbonyl (C=O) groups is 1. The summed E-state index contributed by atoms with van der Waals surface area (Å²) in [6, 6.07) is 10.5. The Balaban J connectivity index is 2.03. The van der Waals surface area contributed by atoms with Crippen LogP contribution in [0.25, 0.3) is 0 Å². The van der Waals surface area contributed by atoms with Crippen molar-refractivity contribution in [3.8, 4) is 0 Å². The van der Waals surface area contributed by atoms with E-state index in [1.54, 1.807) is 6.92 Å². The van der Waals surface area contributed by atoms with Crippen LogP contribution in [-0.2, 0) is 11.3 Å². The zero-order valence-corrected chi connectivity index (χ0v) is 11.6. The van der Waals surface area contributed by atoms with Crippen molar-refractivity contribution in [1.82, 2.24) is 4.90 Å². The molecule has 0 N–H and O–H groups in total. The lowest BCUT2D eigenvalue weighted by Gasteiger charge is -2.19. The molecule has 18 heavy (non-hydrogen) atoms. The van der Waals surface area contributed by atoms with Gasteiger partial charge in [-0.15, -0.1) is 0 Å². The van der Waals surface area contributed by atoms with E-state index >= 15 is 0 Å². The summed E-state index contributed by atoms with van der Waals surface area (Å²) >= 11 is 0. The first-order valence-corrected chi connectivity index (χ1v) is 6.84. The molecule has 1 aromatic carbocycles. The van der Waals surface area contributed by atoms with Gasteiger partial charge in [0.25, 0.3) is 0 Å². The van der Waals surface area contributed by atoms with Crippen LogP contribution in [0.4, 0.5) is 0 Å². The standard InChI is InChI=1S/C16H23NO/c1-12(2)15-10-17(11-16(15)13(3)18)9-14-7-5-4-6-8-14/h4-8,12,15-16H,9-11H2,1-3H3/t15-,16-/m0/s1. The minimum absolute atomic E-state index is 0.230. The maximum Gasteiger partial charge on any atom is 0.134 e. The highest BCUT2D eigenvalue weighted by atomic mass is 16.1. The SMILES string of the molecule is CC(=O)[C@@H]1CN(Cc2ccccc2)C[C@H]1C(C)C. The predicted octanol–water partition coefficient (Wildman–Crippen LogP) is 2.98. The van der Waals surface area contributed by atoms with Gasteiger partial charge in [-0.3, -0.25) is 9.69 Å². The average Bonchev–Trinajstić information content (AvgIpc) is 2.74. The van der Waals surface area contributed by atoms with Gasteiger partial charge < -0.3 is 0 Å². The second-order valence-electron chi connectivity index (χ2n) is 5.80. The third kappa shape index (κ3) is 2.99. The topological polar surface area (TPSA) is 20.3 Å². The van der Waals surface area contributed by atoms with Gasteiger partial charge in [0.2, 0.25) is 0 Å². The van der Waals surface area contributed by atoms with Crippen molar-refractivity contribution in [3.63, 3.8) is 0 Å². The molecule has 0 bridgehead atoms. The highest BCUT2D eigenvalue weighted by Gasteiger charge is 2.36. The fourth-order valence-electron chi connectivity index (χ4n) is 2.99. The van der Waals surface area contributed by atoms with Crippen LogP contribution in [0.5, 0.6) is 0 Å². The fraction of sp³-hybridized carbons (Fsp3) is 0.562. The molecule has 2 atom stereocenters. The summed E-state index contributed by atoms with van der Waals surface area (Å²) in [6.07, 6.45) is 0. The minimum atomic E-state index is 0.230. The molecule has 1 aromatic rings. The van der Waals surface area contributed by atoms with E-state index in [2.05, 4.69) is 43.0 Å². The van der Waals surface area contributed by atoms with Gasteiger partial charge in [-0.25, -0.2) is 0 Å². The molecule has 0 aromatic heterocycles. The van der Waals surface area contributed by atoms with Crippen LogP contribution >= 0.6 is 0 Å². The number of hydrogen-bond acceptors (Lipinski definition) is 2. The highest BCUT2D eigenvalue weighted by Crippen LogP contribution is 2.31. The summed E-state index contributed by atoms with van der Waals surface area (Å²) in [6.45, 7) is 9.14. The van der Waals surface area contributed by atoms with Gasteiger partial charge in [0.15, 0.2) is 0 Å². The van der Waals surface area contributed by atoms with Crippen molar-refractivity contribution in [2.75, 3.05) is 13.1 Å². The molecule has 2 nitrogen and oxygen atoms in total. The molecule has 2 heteroatoms. The van der Waals surface area contributed by atoms with Crippen molar-refractivity contribution in [2.24, 2.45) is 17.8 Å². The molecule has 1 heterocycles. The summed E-state index contributed by atoms with van der Waals surface area (Å²) in [5, 5.41) is 0. The Morgan fingerprint density at radius 2 is 1.94 bits per heavy atom. The van der Waals surface area contributed by atoms with Crippen LogP contribution in [0.2, 0.25) is 0 Å². The Hall–Kier alpha value is -1.15. The van der Waals surface area contributed by atoms with Gasteiger partial charge in [-0.1, -0.05) is 44.2 Å². The average molecular weight is 245 g/mol. The van der Waals surface area contributed by atoms with Crippen molar-refractivity contribution in [2.45, 2.75) is 27.3 Å². The van der Waals surface area contributed by atoms with Crippen LogP contribution in [-0.4, -0.2) is 23.8 Å². The minimum Gasteiger partial charge on any atom is -0.300 e.